The molecule has 0 saturated carbocycles. The number of halogens is 4. The normalized spacial score (nSPS) is 14.0. The number of ketones is 1. The Hall–Kier alpha value is -5.03. The first-order valence-corrected chi connectivity index (χ1v) is 19.6. The molecule has 1 heterocycles. The predicted molar refractivity (Wildman–Crippen MR) is 215 cm³/mol. The van der Waals surface area contributed by atoms with Gasteiger partial charge in [-0.05, 0) is 97.2 Å². The maximum Gasteiger partial charge on any atom is 0.416 e. The van der Waals surface area contributed by atoms with Crippen LogP contribution in [0.5, 0.6) is 5.75 Å². The highest BCUT2D eigenvalue weighted by Crippen LogP contribution is 2.36. The van der Waals surface area contributed by atoms with Crippen molar-refractivity contribution < 1.29 is 37.0 Å². The van der Waals surface area contributed by atoms with Crippen LogP contribution >= 0.6 is 11.6 Å². The van der Waals surface area contributed by atoms with E-state index in [-0.39, 0.29) is 25.0 Å². The minimum absolute atomic E-state index is 0.0526. The summed E-state index contributed by atoms with van der Waals surface area (Å²) in [6, 6.07) is 30.0. The average molecular weight is 799 g/mol. The Kier molecular flexibility index (Phi) is 14.2. The molecule has 0 bridgehead atoms. The van der Waals surface area contributed by atoms with Crippen LogP contribution in [0.4, 0.5) is 13.2 Å². The lowest BCUT2D eigenvalue weighted by Gasteiger charge is -2.36. The van der Waals surface area contributed by atoms with Gasteiger partial charge in [0, 0.05) is 54.5 Å². The van der Waals surface area contributed by atoms with Crippen molar-refractivity contribution in [1.29, 1.82) is 0 Å². The van der Waals surface area contributed by atoms with Crippen molar-refractivity contribution in [3.8, 4) is 16.9 Å². The van der Waals surface area contributed by atoms with Crippen LogP contribution in [0.1, 0.15) is 86.6 Å². The number of esters is 1. The number of carbonyl (C=O) groups excluding carboxylic acids is 2. The first-order valence-electron chi connectivity index (χ1n) is 19.2. The summed E-state index contributed by atoms with van der Waals surface area (Å²) in [6.07, 6.45) is 0.0740. The van der Waals surface area contributed by atoms with Gasteiger partial charge in [0.1, 0.15) is 18.1 Å². The second-order valence-corrected chi connectivity index (χ2v) is 14.4. The number of methoxy groups -OCH3 is 1. The van der Waals surface area contributed by atoms with E-state index in [0.717, 1.165) is 84.6 Å². The lowest BCUT2D eigenvalue weighted by molar-refractivity contribution is -0.137. The van der Waals surface area contributed by atoms with Crippen molar-refractivity contribution in [2.75, 3.05) is 33.4 Å². The van der Waals surface area contributed by atoms with Crippen molar-refractivity contribution in [3.05, 3.63) is 153 Å². The minimum atomic E-state index is -4.40. The van der Waals surface area contributed by atoms with Gasteiger partial charge in [0.25, 0.3) is 0 Å². The van der Waals surface area contributed by atoms with E-state index < -0.39 is 17.7 Å². The molecule has 1 atom stereocenters. The van der Waals surface area contributed by atoms with E-state index in [1.165, 1.54) is 12.1 Å². The number of hydrogen-bond donors (Lipinski definition) is 0. The lowest BCUT2D eigenvalue weighted by Crippen LogP contribution is -2.35. The molecule has 4 aromatic carbocycles. The maximum atomic E-state index is 13.1. The Bertz CT molecular complexity index is 2140. The van der Waals surface area contributed by atoms with E-state index in [1.807, 2.05) is 60.7 Å². The quantitative estimate of drug-likeness (QED) is 0.0685. The monoisotopic (exact) mass is 798 g/mol. The van der Waals surface area contributed by atoms with Gasteiger partial charge in [-0.3, -0.25) is 9.69 Å². The number of aryl methyl sites for hydroxylation is 1. The van der Waals surface area contributed by atoms with E-state index in [0.29, 0.717) is 46.9 Å². The SMILES string of the molecule is CCOC(=O)c1ccc2c(n1)CCCC2N(CCc1ccc(C(=O)CCOC)cc1)CCc1ccccc1OCc1ccc(-c2ccc(C(F)(F)F)cc2)cc1Cl. The van der Waals surface area contributed by atoms with E-state index in [9.17, 15) is 22.8 Å². The molecule has 298 valence electrons. The molecule has 1 aliphatic carbocycles. The number of alkyl halides is 3. The van der Waals surface area contributed by atoms with Gasteiger partial charge in [0.05, 0.1) is 18.8 Å². The summed E-state index contributed by atoms with van der Waals surface area (Å²) in [7, 11) is 1.59. The molecule has 11 heteroatoms. The Morgan fingerprint density at radius 3 is 2.33 bits per heavy atom. The smallest absolute Gasteiger partial charge is 0.416 e. The molecule has 1 aromatic heterocycles. The Labute approximate surface area is 336 Å². The number of carbonyl (C=O) groups is 2. The van der Waals surface area contributed by atoms with Crippen LogP contribution in [0, 0.1) is 0 Å². The van der Waals surface area contributed by atoms with Crippen LogP contribution in [-0.2, 0) is 41.5 Å². The summed E-state index contributed by atoms with van der Waals surface area (Å²) in [5.74, 6) is 0.368. The molecule has 1 aliphatic rings. The standard InChI is InChI=1S/C46H46ClF3N2O5/c1-3-56-45(54)41-22-21-38-40(51-41)8-6-9-42(38)52(26-23-31-11-13-33(14-12-31)43(53)25-28-55-2)27-24-34-7-4-5-10-44(34)57-30-36-16-15-35(29-39(36)47)32-17-19-37(20-18-32)46(48,49)50/h4-5,7,10-22,29,42H,3,6,8-9,23-28,30H2,1-2H3. The fourth-order valence-corrected chi connectivity index (χ4v) is 7.43. The molecule has 0 fully saturated rings. The molecule has 7 nitrogen and oxygen atoms in total. The number of para-hydroxylation sites is 1. The van der Waals surface area contributed by atoms with Gasteiger partial charge in [0.15, 0.2) is 5.78 Å². The molecule has 5 aromatic rings. The number of benzene rings is 4. The van der Waals surface area contributed by atoms with Gasteiger partial charge in [-0.25, -0.2) is 9.78 Å². The number of pyridine rings is 1. The molecule has 6 rings (SSSR count). The zero-order valence-corrected chi connectivity index (χ0v) is 32.9. The number of hydrogen-bond acceptors (Lipinski definition) is 7. The number of Topliss-reactive ketones (excluding diaryl/α,β-unsaturated/α-hetero) is 1. The molecule has 0 N–H and O–H groups in total. The molecular formula is C46H46ClF3N2O5. The van der Waals surface area contributed by atoms with Gasteiger partial charge in [-0.1, -0.05) is 84.4 Å². The van der Waals surface area contributed by atoms with Crippen LogP contribution < -0.4 is 4.74 Å². The number of rotatable bonds is 17. The first-order chi connectivity index (χ1) is 27.5. The van der Waals surface area contributed by atoms with Gasteiger partial charge in [-0.2, -0.15) is 13.2 Å². The summed E-state index contributed by atoms with van der Waals surface area (Å²) >= 11 is 6.67. The van der Waals surface area contributed by atoms with E-state index in [1.54, 1.807) is 26.2 Å². The Morgan fingerprint density at radius 2 is 1.61 bits per heavy atom. The van der Waals surface area contributed by atoms with Gasteiger partial charge < -0.3 is 14.2 Å². The fraction of sp³-hybridized carbons (Fsp3) is 0.326. The van der Waals surface area contributed by atoms with Crippen molar-refractivity contribution in [3.63, 3.8) is 0 Å². The number of ether oxygens (including phenoxy) is 3. The first kappa shape index (κ1) is 41.6. The third kappa shape index (κ3) is 10.9. The van der Waals surface area contributed by atoms with Crippen molar-refractivity contribution in [2.45, 2.75) is 64.3 Å². The maximum absolute atomic E-state index is 13.1. The molecule has 0 spiro atoms. The number of aromatic nitrogens is 1. The summed E-state index contributed by atoms with van der Waals surface area (Å²) in [4.78, 5) is 32.3. The molecule has 0 radical (unpaired) electrons. The van der Waals surface area contributed by atoms with Gasteiger partial charge >= 0.3 is 12.1 Å². The van der Waals surface area contributed by atoms with Gasteiger partial charge in [0.2, 0.25) is 0 Å². The predicted octanol–water partition coefficient (Wildman–Crippen LogP) is 10.6. The highest BCUT2D eigenvalue weighted by molar-refractivity contribution is 6.31. The Morgan fingerprint density at radius 1 is 0.877 bits per heavy atom. The van der Waals surface area contributed by atoms with Crippen LogP contribution in [-0.4, -0.2) is 55.0 Å². The molecular weight excluding hydrogens is 753 g/mol. The summed E-state index contributed by atoms with van der Waals surface area (Å²) in [5.41, 5.74) is 6.59. The van der Waals surface area contributed by atoms with Crippen molar-refractivity contribution in [2.24, 2.45) is 0 Å². The zero-order valence-electron chi connectivity index (χ0n) is 32.1. The highest BCUT2D eigenvalue weighted by Gasteiger charge is 2.30. The summed E-state index contributed by atoms with van der Waals surface area (Å²) < 4.78 is 55.9. The van der Waals surface area contributed by atoms with Gasteiger partial charge in [-0.15, -0.1) is 0 Å². The highest BCUT2D eigenvalue weighted by atomic mass is 35.5. The van der Waals surface area contributed by atoms with E-state index >= 15 is 0 Å². The van der Waals surface area contributed by atoms with Crippen molar-refractivity contribution in [1.82, 2.24) is 9.88 Å². The van der Waals surface area contributed by atoms with E-state index in [2.05, 4.69) is 11.0 Å². The topological polar surface area (TPSA) is 78.0 Å². The van der Waals surface area contributed by atoms with E-state index in [4.69, 9.17) is 30.8 Å². The van der Waals surface area contributed by atoms with Crippen LogP contribution in [0.3, 0.4) is 0 Å². The molecule has 0 amide bonds. The van der Waals surface area contributed by atoms with Crippen LogP contribution in [0.15, 0.2) is 103 Å². The van der Waals surface area contributed by atoms with Crippen LogP contribution in [0.25, 0.3) is 11.1 Å². The second kappa shape index (κ2) is 19.4. The zero-order chi connectivity index (χ0) is 40.4. The second-order valence-electron chi connectivity index (χ2n) is 14.0. The molecule has 57 heavy (non-hydrogen) atoms. The Balaban J connectivity index is 1.17. The molecule has 0 aliphatic heterocycles. The largest absolute Gasteiger partial charge is 0.489 e. The van der Waals surface area contributed by atoms with Crippen molar-refractivity contribution >= 4 is 23.4 Å². The molecule has 0 saturated heterocycles. The average Bonchev–Trinajstić information content (AvgIpc) is 3.22. The number of fused-ring (bicyclic) bond motifs is 1. The third-order valence-corrected chi connectivity index (χ3v) is 10.7. The fourth-order valence-electron chi connectivity index (χ4n) is 7.19. The number of nitrogens with zero attached hydrogens (tertiary/aromatic N) is 2. The lowest BCUT2D eigenvalue weighted by atomic mass is 9.89. The third-order valence-electron chi connectivity index (χ3n) is 10.3. The molecule has 1 unspecified atom stereocenters. The summed E-state index contributed by atoms with van der Waals surface area (Å²) in [6.45, 7) is 4.14. The minimum Gasteiger partial charge on any atom is -0.489 e. The van der Waals surface area contributed by atoms with Crippen LogP contribution in [0.2, 0.25) is 5.02 Å². The summed E-state index contributed by atoms with van der Waals surface area (Å²) in [5, 5.41) is 0.458.